The van der Waals surface area contributed by atoms with E-state index >= 15 is 0 Å². The molecule has 0 fully saturated rings. The number of para-hydroxylation sites is 2. The summed E-state index contributed by atoms with van der Waals surface area (Å²) in [5.74, 6) is 0. The van der Waals surface area contributed by atoms with E-state index in [2.05, 4.69) is 51.8 Å². The first-order valence-corrected chi connectivity index (χ1v) is 9.74. The van der Waals surface area contributed by atoms with Crippen molar-refractivity contribution in [2.24, 2.45) is 0 Å². The molecule has 0 aliphatic carbocycles. The molecule has 0 atom stereocenters. The molecule has 2 aromatic heterocycles. The molecule has 0 amide bonds. The lowest BCUT2D eigenvalue weighted by atomic mass is 10.2. The Kier molecular flexibility index (Phi) is 5.63. The van der Waals surface area contributed by atoms with Crippen molar-refractivity contribution < 1.29 is 0 Å². The predicted octanol–water partition coefficient (Wildman–Crippen LogP) is 6.02. The highest BCUT2D eigenvalue weighted by Crippen LogP contribution is 2.28. The predicted molar refractivity (Wildman–Crippen MR) is 113 cm³/mol. The lowest BCUT2D eigenvalue weighted by Gasteiger charge is -2.05. The van der Waals surface area contributed by atoms with E-state index in [4.69, 9.17) is 0 Å². The Morgan fingerprint density at radius 1 is 0.538 bits per heavy atom. The van der Waals surface area contributed by atoms with E-state index in [-0.39, 0.29) is 0 Å². The van der Waals surface area contributed by atoms with E-state index < -0.39 is 0 Å². The number of rotatable bonds is 0. The molecule has 6 heteroatoms. The molecular formula is C20H18Br2N4. The van der Waals surface area contributed by atoms with Crippen molar-refractivity contribution >= 4 is 53.9 Å². The highest BCUT2D eigenvalue weighted by molar-refractivity contribution is 9.11. The molecular weight excluding hydrogens is 456 g/mol. The average Bonchev–Trinajstić information content (AvgIpc) is 2.62. The second-order valence-electron chi connectivity index (χ2n) is 6.00. The van der Waals surface area contributed by atoms with Crippen molar-refractivity contribution in [3.63, 3.8) is 0 Å². The van der Waals surface area contributed by atoms with Crippen LogP contribution in [0, 0.1) is 27.7 Å². The molecule has 4 aromatic rings. The van der Waals surface area contributed by atoms with Gasteiger partial charge in [-0.15, -0.1) is 0 Å². The van der Waals surface area contributed by atoms with Crippen LogP contribution in [0.15, 0.2) is 45.3 Å². The number of aryl methyl sites for hydroxylation is 4. The maximum Gasteiger partial charge on any atom is 0.104 e. The summed E-state index contributed by atoms with van der Waals surface area (Å²) in [6.07, 6.45) is 0. The van der Waals surface area contributed by atoms with Crippen LogP contribution < -0.4 is 0 Å². The van der Waals surface area contributed by atoms with Crippen LogP contribution in [0.2, 0.25) is 0 Å². The first kappa shape index (κ1) is 18.9. The molecule has 4 rings (SSSR count). The van der Waals surface area contributed by atoms with Crippen LogP contribution >= 0.6 is 31.9 Å². The summed E-state index contributed by atoms with van der Waals surface area (Å²) in [7, 11) is 0. The van der Waals surface area contributed by atoms with Gasteiger partial charge >= 0.3 is 0 Å². The number of aromatic nitrogens is 4. The van der Waals surface area contributed by atoms with E-state index in [0.29, 0.717) is 0 Å². The van der Waals surface area contributed by atoms with Crippen molar-refractivity contribution in [2.45, 2.75) is 27.7 Å². The summed E-state index contributed by atoms with van der Waals surface area (Å²) in [6, 6.07) is 11.9. The van der Waals surface area contributed by atoms with Crippen molar-refractivity contribution in [3.8, 4) is 0 Å². The minimum absolute atomic E-state index is 0.905. The second-order valence-corrected chi connectivity index (χ2v) is 7.71. The Morgan fingerprint density at radius 3 is 1.27 bits per heavy atom. The SMILES string of the molecule is Cc1nc2c(Br)ccc(Br)c2nc1C.Cc1nc2ccccc2nc1C. The topological polar surface area (TPSA) is 51.6 Å². The molecule has 0 aliphatic heterocycles. The maximum absolute atomic E-state index is 4.50. The van der Waals surface area contributed by atoms with Crippen molar-refractivity contribution in [1.29, 1.82) is 0 Å². The Bertz CT molecular complexity index is 1020. The smallest absolute Gasteiger partial charge is 0.104 e. The number of fused-ring (bicyclic) bond motifs is 2. The molecule has 132 valence electrons. The first-order valence-electron chi connectivity index (χ1n) is 8.15. The summed E-state index contributed by atoms with van der Waals surface area (Å²) < 4.78 is 1.96. The minimum Gasteiger partial charge on any atom is -0.250 e. The Balaban J connectivity index is 0.000000152. The van der Waals surface area contributed by atoms with E-state index in [1.165, 1.54) is 0 Å². The summed E-state index contributed by atoms with van der Waals surface area (Å²) in [5, 5.41) is 0. The molecule has 4 nitrogen and oxygen atoms in total. The van der Waals surface area contributed by atoms with Gasteiger partial charge in [0.2, 0.25) is 0 Å². The fraction of sp³-hybridized carbons (Fsp3) is 0.200. The van der Waals surface area contributed by atoms with Crippen LogP contribution in [0.5, 0.6) is 0 Å². The molecule has 26 heavy (non-hydrogen) atoms. The number of hydrogen-bond donors (Lipinski definition) is 0. The summed E-state index contributed by atoms with van der Waals surface area (Å²) >= 11 is 6.93. The van der Waals surface area contributed by atoms with Gasteiger partial charge in [-0.1, -0.05) is 12.1 Å². The van der Waals surface area contributed by atoms with Gasteiger partial charge in [-0.2, -0.15) is 0 Å². The number of halogens is 2. The van der Waals surface area contributed by atoms with Gasteiger partial charge < -0.3 is 0 Å². The first-order chi connectivity index (χ1) is 12.4. The Morgan fingerprint density at radius 2 is 0.885 bits per heavy atom. The second kappa shape index (κ2) is 7.76. The highest BCUT2D eigenvalue weighted by atomic mass is 79.9. The van der Waals surface area contributed by atoms with Crippen molar-refractivity contribution in [3.05, 3.63) is 68.1 Å². The van der Waals surface area contributed by atoms with E-state index in [0.717, 1.165) is 53.8 Å². The zero-order valence-electron chi connectivity index (χ0n) is 15.0. The van der Waals surface area contributed by atoms with Gasteiger partial charge in [0.05, 0.1) is 33.8 Å². The number of benzene rings is 2. The molecule has 0 aliphatic rings. The normalized spacial score (nSPS) is 10.7. The average molecular weight is 474 g/mol. The molecule has 0 bridgehead atoms. The molecule has 2 heterocycles. The van der Waals surface area contributed by atoms with E-state index in [1.54, 1.807) is 0 Å². The van der Waals surface area contributed by atoms with Crippen LogP contribution in [0.3, 0.4) is 0 Å². The van der Waals surface area contributed by atoms with Crippen LogP contribution in [0.25, 0.3) is 22.1 Å². The Hall–Kier alpha value is -1.92. The third-order valence-corrected chi connectivity index (χ3v) is 5.40. The molecule has 0 N–H and O–H groups in total. The van der Waals surface area contributed by atoms with Gasteiger partial charge in [0.25, 0.3) is 0 Å². The van der Waals surface area contributed by atoms with Gasteiger partial charge in [-0.3, -0.25) is 0 Å². The van der Waals surface area contributed by atoms with E-state index in [1.807, 2.05) is 64.1 Å². The molecule has 0 spiro atoms. The third-order valence-electron chi connectivity index (χ3n) is 4.12. The maximum atomic E-state index is 4.50. The quantitative estimate of drug-likeness (QED) is 0.313. The van der Waals surface area contributed by atoms with Gasteiger partial charge in [-0.05, 0) is 83.8 Å². The van der Waals surface area contributed by atoms with E-state index in [9.17, 15) is 0 Å². The van der Waals surface area contributed by atoms with Gasteiger partial charge in [-0.25, -0.2) is 19.9 Å². The third kappa shape index (κ3) is 3.91. The van der Waals surface area contributed by atoms with Gasteiger partial charge in [0.15, 0.2) is 0 Å². The van der Waals surface area contributed by atoms with Gasteiger partial charge in [0, 0.05) is 8.95 Å². The largest absolute Gasteiger partial charge is 0.250 e. The van der Waals surface area contributed by atoms with Crippen molar-refractivity contribution in [2.75, 3.05) is 0 Å². The van der Waals surface area contributed by atoms with Crippen molar-refractivity contribution in [1.82, 2.24) is 19.9 Å². The monoisotopic (exact) mass is 472 g/mol. The minimum atomic E-state index is 0.905. The fourth-order valence-electron chi connectivity index (χ4n) is 2.42. The van der Waals surface area contributed by atoms with Crippen LogP contribution in [-0.4, -0.2) is 19.9 Å². The summed E-state index contributed by atoms with van der Waals surface area (Å²) in [4.78, 5) is 17.8. The lowest BCUT2D eigenvalue weighted by Crippen LogP contribution is -1.94. The van der Waals surface area contributed by atoms with Crippen LogP contribution in [0.4, 0.5) is 0 Å². The zero-order chi connectivity index (χ0) is 18.8. The molecule has 0 saturated carbocycles. The zero-order valence-corrected chi connectivity index (χ0v) is 18.2. The van der Waals surface area contributed by atoms with Gasteiger partial charge in [0.1, 0.15) is 11.0 Å². The van der Waals surface area contributed by atoms with Crippen LogP contribution in [0.1, 0.15) is 22.8 Å². The molecule has 0 radical (unpaired) electrons. The summed E-state index contributed by atoms with van der Waals surface area (Å²) in [5.41, 5.74) is 7.71. The summed E-state index contributed by atoms with van der Waals surface area (Å²) in [6.45, 7) is 7.90. The Labute approximate surface area is 169 Å². The molecule has 0 unspecified atom stereocenters. The lowest BCUT2D eigenvalue weighted by molar-refractivity contribution is 1.10. The number of nitrogens with zero attached hydrogens (tertiary/aromatic N) is 4. The highest BCUT2D eigenvalue weighted by Gasteiger charge is 2.07. The number of hydrogen-bond acceptors (Lipinski definition) is 4. The molecule has 0 saturated heterocycles. The molecule has 2 aromatic carbocycles. The standard InChI is InChI=1S/C10H8Br2N2.C10H10N2/c1-5-6(2)14-10-8(12)4-3-7(11)9(10)13-5;1-7-8(2)12-10-6-4-3-5-9(10)11-7/h3-4H,1-2H3;3-6H,1-2H3. The van der Waals surface area contributed by atoms with Crippen LogP contribution in [-0.2, 0) is 0 Å². The fourth-order valence-corrected chi connectivity index (χ4v) is 3.23.